The molecule has 1 heterocycles. The number of rotatable bonds is 11. The fraction of sp³-hybridized carbons (Fsp3) is 0.682. The quantitative estimate of drug-likeness (QED) is 0.346. The summed E-state index contributed by atoms with van der Waals surface area (Å²) in [5.74, 6) is 1.75. The zero-order valence-corrected chi connectivity index (χ0v) is 17.7. The van der Waals surface area contributed by atoms with Crippen molar-refractivity contribution in [3.63, 3.8) is 0 Å². The van der Waals surface area contributed by atoms with E-state index in [9.17, 15) is 0 Å². The van der Waals surface area contributed by atoms with Crippen LogP contribution in [0.3, 0.4) is 0 Å². The Bertz CT molecular complexity index is 557. The van der Waals surface area contributed by atoms with E-state index in [1.54, 1.807) is 7.11 Å². The molecule has 1 fully saturated rings. The molecule has 6 heteroatoms. The smallest absolute Gasteiger partial charge is 0.191 e. The van der Waals surface area contributed by atoms with Crippen LogP contribution in [-0.4, -0.2) is 64.4 Å². The second kappa shape index (κ2) is 14.2. The second-order valence-electron chi connectivity index (χ2n) is 7.30. The molecule has 0 aromatic heterocycles. The lowest BCUT2D eigenvalue weighted by molar-refractivity contribution is 0.172. The molecule has 2 rings (SSSR count). The molecule has 1 aliphatic heterocycles. The molecule has 0 saturated carbocycles. The van der Waals surface area contributed by atoms with Crippen LogP contribution in [0.5, 0.6) is 5.75 Å². The van der Waals surface area contributed by atoms with Crippen molar-refractivity contribution in [1.29, 1.82) is 0 Å². The number of guanidine groups is 1. The van der Waals surface area contributed by atoms with E-state index in [-0.39, 0.29) is 0 Å². The maximum absolute atomic E-state index is 5.77. The lowest BCUT2D eigenvalue weighted by Gasteiger charge is -2.20. The monoisotopic (exact) mass is 390 g/mol. The topological polar surface area (TPSA) is 58.1 Å². The maximum atomic E-state index is 5.77. The third-order valence-corrected chi connectivity index (χ3v) is 4.99. The summed E-state index contributed by atoms with van der Waals surface area (Å²) in [4.78, 5) is 6.93. The lowest BCUT2D eigenvalue weighted by Crippen LogP contribution is -2.38. The van der Waals surface area contributed by atoms with E-state index in [0.717, 1.165) is 44.2 Å². The Kier molecular flexibility index (Phi) is 11.4. The highest BCUT2D eigenvalue weighted by atomic mass is 16.5. The zero-order chi connectivity index (χ0) is 19.9. The van der Waals surface area contributed by atoms with E-state index in [1.165, 1.54) is 50.9 Å². The highest BCUT2D eigenvalue weighted by Gasteiger charge is 2.08. The number of likely N-dealkylation sites (tertiary alicyclic amines) is 1. The molecule has 0 aliphatic carbocycles. The number of methoxy groups -OCH3 is 1. The molecule has 0 atom stereocenters. The average molecular weight is 391 g/mol. The van der Waals surface area contributed by atoms with Crippen LogP contribution < -0.4 is 15.4 Å². The molecule has 1 saturated heterocycles. The molecule has 2 N–H and O–H groups in total. The van der Waals surface area contributed by atoms with Gasteiger partial charge in [0.1, 0.15) is 5.75 Å². The number of nitrogens with one attached hydrogen (secondary N) is 2. The Labute approximate surface area is 170 Å². The summed E-state index contributed by atoms with van der Waals surface area (Å²) in [6.45, 7) is 6.76. The van der Waals surface area contributed by atoms with Crippen LogP contribution in [-0.2, 0) is 11.3 Å². The summed E-state index contributed by atoms with van der Waals surface area (Å²) < 4.78 is 10.8. The van der Waals surface area contributed by atoms with Crippen molar-refractivity contribution < 1.29 is 9.47 Å². The Balaban J connectivity index is 1.64. The molecule has 0 amide bonds. The van der Waals surface area contributed by atoms with Crippen LogP contribution in [0.25, 0.3) is 0 Å². The van der Waals surface area contributed by atoms with E-state index >= 15 is 0 Å². The van der Waals surface area contributed by atoms with Gasteiger partial charge in [-0.15, -0.1) is 0 Å². The van der Waals surface area contributed by atoms with Gasteiger partial charge in [0, 0.05) is 40.3 Å². The van der Waals surface area contributed by atoms with Gasteiger partial charge < -0.3 is 25.0 Å². The van der Waals surface area contributed by atoms with Crippen molar-refractivity contribution in [3.8, 4) is 5.75 Å². The van der Waals surface area contributed by atoms with Crippen molar-refractivity contribution in [2.75, 3.05) is 53.6 Å². The van der Waals surface area contributed by atoms with Gasteiger partial charge in [0.15, 0.2) is 5.96 Å². The summed E-state index contributed by atoms with van der Waals surface area (Å²) in [5.41, 5.74) is 1.18. The largest absolute Gasteiger partial charge is 0.493 e. The maximum Gasteiger partial charge on any atom is 0.191 e. The minimum Gasteiger partial charge on any atom is -0.493 e. The van der Waals surface area contributed by atoms with Crippen LogP contribution in [0.1, 0.15) is 44.1 Å². The van der Waals surface area contributed by atoms with Crippen LogP contribution in [0.2, 0.25) is 0 Å². The predicted molar refractivity (Wildman–Crippen MR) is 116 cm³/mol. The first-order chi connectivity index (χ1) is 13.8. The minimum absolute atomic E-state index is 0.672. The zero-order valence-electron chi connectivity index (χ0n) is 17.7. The molecule has 1 aromatic carbocycles. The predicted octanol–water partition coefficient (Wildman–Crippen LogP) is 3.03. The number of nitrogens with zero attached hydrogens (tertiary/aromatic N) is 2. The first kappa shape index (κ1) is 22.5. The number of aliphatic imine (C=N–C) groups is 1. The van der Waals surface area contributed by atoms with Gasteiger partial charge in [0.2, 0.25) is 0 Å². The summed E-state index contributed by atoms with van der Waals surface area (Å²) in [7, 11) is 3.53. The van der Waals surface area contributed by atoms with Gasteiger partial charge in [-0.2, -0.15) is 0 Å². The minimum atomic E-state index is 0.672. The van der Waals surface area contributed by atoms with Gasteiger partial charge in [0.05, 0.1) is 6.61 Å². The van der Waals surface area contributed by atoms with Crippen molar-refractivity contribution >= 4 is 5.96 Å². The van der Waals surface area contributed by atoms with E-state index in [1.807, 2.05) is 19.2 Å². The SMILES string of the molecule is CN=C(NCCCN1CCCCCC1)NCc1cccc(OCCCOC)c1. The summed E-state index contributed by atoms with van der Waals surface area (Å²) in [6, 6.07) is 8.19. The van der Waals surface area contributed by atoms with Gasteiger partial charge in [-0.25, -0.2) is 0 Å². The van der Waals surface area contributed by atoms with Crippen molar-refractivity contribution in [3.05, 3.63) is 29.8 Å². The number of ether oxygens (including phenoxy) is 2. The standard InChI is InChI=1S/C22H38N4O2/c1-23-22(24-12-8-15-26-13-5-3-4-6-14-26)25-19-20-10-7-11-21(18-20)28-17-9-16-27-2/h7,10-11,18H,3-6,8-9,12-17,19H2,1-2H3,(H2,23,24,25). The average Bonchev–Trinajstić information content (AvgIpc) is 3.00. The Hall–Kier alpha value is -1.79. The van der Waals surface area contributed by atoms with E-state index in [0.29, 0.717) is 6.61 Å². The Morgan fingerprint density at radius 1 is 1.07 bits per heavy atom. The van der Waals surface area contributed by atoms with Gasteiger partial charge in [-0.1, -0.05) is 25.0 Å². The number of benzene rings is 1. The second-order valence-corrected chi connectivity index (χ2v) is 7.30. The lowest BCUT2D eigenvalue weighted by atomic mass is 10.2. The van der Waals surface area contributed by atoms with Crippen molar-refractivity contribution in [2.45, 2.75) is 45.1 Å². The fourth-order valence-corrected chi connectivity index (χ4v) is 3.41. The number of hydrogen-bond acceptors (Lipinski definition) is 4. The van der Waals surface area contributed by atoms with E-state index < -0.39 is 0 Å². The highest BCUT2D eigenvalue weighted by Crippen LogP contribution is 2.13. The Morgan fingerprint density at radius 2 is 1.89 bits per heavy atom. The first-order valence-electron chi connectivity index (χ1n) is 10.7. The van der Waals surface area contributed by atoms with Gasteiger partial charge >= 0.3 is 0 Å². The summed E-state index contributed by atoms with van der Waals surface area (Å²) >= 11 is 0. The summed E-state index contributed by atoms with van der Waals surface area (Å²) in [6.07, 6.45) is 7.53. The van der Waals surface area contributed by atoms with Gasteiger partial charge in [0.25, 0.3) is 0 Å². The van der Waals surface area contributed by atoms with Crippen LogP contribution in [0, 0.1) is 0 Å². The van der Waals surface area contributed by atoms with Crippen LogP contribution >= 0.6 is 0 Å². The molecule has 0 bridgehead atoms. The summed E-state index contributed by atoms with van der Waals surface area (Å²) in [5, 5.41) is 6.81. The molecule has 6 nitrogen and oxygen atoms in total. The first-order valence-corrected chi connectivity index (χ1v) is 10.7. The third kappa shape index (κ3) is 9.42. The number of hydrogen-bond donors (Lipinski definition) is 2. The van der Waals surface area contributed by atoms with Crippen molar-refractivity contribution in [2.24, 2.45) is 4.99 Å². The Morgan fingerprint density at radius 3 is 2.64 bits per heavy atom. The van der Waals surface area contributed by atoms with Crippen LogP contribution in [0.15, 0.2) is 29.3 Å². The normalized spacial score (nSPS) is 15.9. The molecule has 0 spiro atoms. The fourth-order valence-electron chi connectivity index (χ4n) is 3.41. The third-order valence-electron chi connectivity index (χ3n) is 4.99. The van der Waals surface area contributed by atoms with Crippen molar-refractivity contribution in [1.82, 2.24) is 15.5 Å². The van der Waals surface area contributed by atoms with Crippen LogP contribution in [0.4, 0.5) is 0 Å². The molecular weight excluding hydrogens is 352 g/mol. The molecule has 0 unspecified atom stereocenters. The van der Waals surface area contributed by atoms with Gasteiger partial charge in [-0.3, -0.25) is 4.99 Å². The molecule has 1 aromatic rings. The highest BCUT2D eigenvalue weighted by molar-refractivity contribution is 5.79. The van der Waals surface area contributed by atoms with Gasteiger partial charge in [-0.05, 0) is 56.6 Å². The van der Waals surface area contributed by atoms with E-state index in [2.05, 4.69) is 32.7 Å². The van der Waals surface area contributed by atoms with E-state index in [4.69, 9.17) is 9.47 Å². The molecule has 1 aliphatic rings. The molecule has 28 heavy (non-hydrogen) atoms. The molecular formula is C22H38N4O2. The molecule has 158 valence electrons. The molecule has 0 radical (unpaired) electrons.